The van der Waals surface area contributed by atoms with Crippen LogP contribution in [0.15, 0.2) is 54.6 Å². The number of halogens is 1. The Morgan fingerprint density at radius 3 is 2.24 bits per heavy atom. The van der Waals surface area contributed by atoms with Crippen LogP contribution in [0, 0.1) is 0 Å². The lowest BCUT2D eigenvalue weighted by Crippen LogP contribution is -1.89. The molecule has 0 heterocycles. The van der Waals surface area contributed by atoms with Gasteiger partial charge in [-0.1, -0.05) is 54.1 Å². The van der Waals surface area contributed by atoms with Crippen molar-refractivity contribution in [1.29, 1.82) is 0 Å². The van der Waals surface area contributed by atoms with Crippen LogP contribution in [0.4, 0.5) is 0 Å². The molecule has 0 aliphatic carbocycles. The van der Waals surface area contributed by atoms with Gasteiger partial charge in [-0.2, -0.15) is 0 Å². The predicted molar refractivity (Wildman–Crippen MR) is 72.9 cm³/mol. The van der Waals surface area contributed by atoms with E-state index in [0.717, 1.165) is 16.7 Å². The third kappa shape index (κ3) is 3.19. The molecule has 0 aliphatic rings. The lowest BCUT2D eigenvalue weighted by atomic mass is 10.0. The summed E-state index contributed by atoms with van der Waals surface area (Å²) >= 11 is 5.83. The molecular formula is C15H13ClO. The van der Waals surface area contributed by atoms with Crippen molar-refractivity contribution in [1.82, 2.24) is 0 Å². The van der Waals surface area contributed by atoms with E-state index in [0.29, 0.717) is 5.02 Å². The van der Waals surface area contributed by atoms with E-state index in [1.165, 1.54) is 0 Å². The van der Waals surface area contributed by atoms with Gasteiger partial charge in [-0.25, -0.2) is 0 Å². The molecule has 0 fully saturated rings. The highest BCUT2D eigenvalue weighted by Crippen LogP contribution is 2.18. The van der Waals surface area contributed by atoms with E-state index in [1.807, 2.05) is 60.7 Å². The van der Waals surface area contributed by atoms with E-state index in [9.17, 15) is 5.11 Å². The molecule has 0 amide bonds. The largest absolute Gasteiger partial charge is 0.392 e. The summed E-state index contributed by atoms with van der Waals surface area (Å²) in [6.45, 7) is 0.0205. The fourth-order valence-electron chi connectivity index (χ4n) is 1.63. The van der Waals surface area contributed by atoms with E-state index < -0.39 is 0 Å². The van der Waals surface area contributed by atoms with Crippen LogP contribution in [0.3, 0.4) is 0 Å². The molecule has 0 spiro atoms. The van der Waals surface area contributed by atoms with Crippen molar-refractivity contribution in [3.63, 3.8) is 0 Å². The first-order valence-corrected chi connectivity index (χ1v) is 5.80. The molecule has 1 nitrogen and oxygen atoms in total. The third-order valence-corrected chi connectivity index (χ3v) is 2.78. The third-order valence-electron chi connectivity index (χ3n) is 2.53. The second kappa shape index (κ2) is 5.67. The van der Waals surface area contributed by atoms with Crippen molar-refractivity contribution in [2.45, 2.75) is 0 Å². The molecule has 0 unspecified atom stereocenters. The summed E-state index contributed by atoms with van der Waals surface area (Å²) in [5, 5.41) is 10.1. The van der Waals surface area contributed by atoms with Crippen LogP contribution >= 0.6 is 11.6 Å². The van der Waals surface area contributed by atoms with E-state index in [2.05, 4.69) is 0 Å². The van der Waals surface area contributed by atoms with Gasteiger partial charge in [0.2, 0.25) is 0 Å². The van der Waals surface area contributed by atoms with Gasteiger partial charge >= 0.3 is 0 Å². The van der Waals surface area contributed by atoms with Gasteiger partial charge in [0, 0.05) is 5.02 Å². The first-order valence-electron chi connectivity index (χ1n) is 5.42. The summed E-state index contributed by atoms with van der Waals surface area (Å²) in [7, 11) is 0. The quantitative estimate of drug-likeness (QED) is 0.813. The molecule has 2 aromatic carbocycles. The molecule has 1 N–H and O–H groups in total. The lowest BCUT2D eigenvalue weighted by molar-refractivity contribution is 0.351. The Bertz CT molecular complexity index is 500. The maximum atomic E-state index is 9.40. The molecule has 2 aromatic rings. The topological polar surface area (TPSA) is 20.2 Å². The minimum absolute atomic E-state index is 0.0205. The van der Waals surface area contributed by atoms with Gasteiger partial charge in [-0.15, -0.1) is 0 Å². The second-order valence-electron chi connectivity index (χ2n) is 3.75. The average Bonchev–Trinajstić information content (AvgIpc) is 2.39. The van der Waals surface area contributed by atoms with Crippen LogP contribution in [-0.2, 0) is 0 Å². The van der Waals surface area contributed by atoms with Gasteiger partial charge in [-0.05, 0) is 34.9 Å². The van der Waals surface area contributed by atoms with Crippen molar-refractivity contribution in [3.05, 3.63) is 70.7 Å². The van der Waals surface area contributed by atoms with Gasteiger partial charge in [0.25, 0.3) is 0 Å². The number of aliphatic hydroxyl groups excluding tert-OH is 1. The summed E-state index contributed by atoms with van der Waals surface area (Å²) in [4.78, 5) is 0. The zero-order valence-electron chi connectivity index (χ0n) is 9.31. The summed E-state index contributed by atoms with van der Waals surface area (Å²) in [5.41, 5.74) is 2.96. The number of benzene rings is 2. The molecule has 17 heavy (non-hydrogen) atoms. The zero-order valence-corrected chi connectivity index (χ0v) is 10.1. The Kier molecular flexibility index (Phi) is 3.97. The van der Waals surface area contributed by atoms with Crippen molar-refractivity contribution in [3.8, 4) is 0 Å². The first-order chi connectivity index (χ1) is 8.29. The van der Waals surface area contributed by atoms with Gasteiger partial charge in [-0.3, -0.25) is 0 Å². The Hall–Kier alpha value is -1.57. The van der Waals surface area contributed by atoms with Gasteiger partial charge in [0.05, 0.1) is 6.61 Å². The lowest BCUT2D eigenvalue weighted by Gasteiger charge is -2.04. The standard InChI is InChI=1S/C15H13ClO/c16-15-8-6-12(7-9-15)10-14(11-17)13-4-2-1-3-5-13/h1-10,17H,11H2/b14-10+. The van der Waals surface area contributed by atoms with E-state index >= 15 is 0 Å². The molecule has 2 heteroatoms. The van der Waals surface area contributed by atoms with Crippen molar-refractivity contribution >= 4 is 23.3 Å². The molecular weight excluding hydrogens is 232 g/mol. The molecule has 0 atom stereocenters. The normalized spacial score (nSPS) is 11.5. The Morgan fingerprint density at radius 1 is 1.00 bits per heavy atom. The zero-order chi connectivity index (χ0) is 12.1. The van der Waals surface area contributed by atoms with Gasteiger partial charge < -0.3 is 5.11 Å². The minimum Gasteiger partial charge on any atom is -0.392 e. The monoisotopic (exact) mass is 244 g/mol. The van der Waals surface area contributed by atoms with Crippen LogP contribution in [0.25, 0.3) is 11.6 Å². The van der Waals surface area contributed by atoms with Crippen molar-refractivity contribution < 1.29 is 5.11 Å². The summed E-state index contributed by atoms with van der Waals surface area (Å²) in [6.07, 6.45) is 1.96. The molecule has 0 radical (unpaired) electrons. The molecule has 0 saturated heterocycles. The van der Waals surface area contributed by atoms with Gasteiger partial charge in [0.15, 0.2) is 0 Å². The fourth-order valence-corrected chi connectivity index (χ4v) is 1.76. The highest BCUT2D eigenvalue weighted by Gasteiger charge is 1.99. The van der Waals surface area contributed by atoms with Crippen LogP contribution in [0.5, 0.6) is 0 Å². The summed E-state index contributed by atoms with van der Waals surface area (Å²) in [6, 6.07) is 17.4. The molecule has 0 aromatic heterocycles. The Balaban J connectivity index is 2.33. The van der Waals surface area contributed by atoms with Crippen LogP contribution < -0.4 is 0 Å². The first kappa shape index (κ1) is 11.9. The molecule has 86 valence electrons. The van der Waals surface area contributed by atoms with Crippen LogP contribution in [-0.4, -0.2) is 11.7 Å². The minimum atomic E-state index is 0.0205. The van der Waals surface area contributed by atoms with E-state index in [-0.39, 0.29) is 6.61 Å². The Labute approximate surface area is 106 Å². The number of hydrogen-bond donors (Lipinski definition) is 1. The van der Waals surface area contributed by atoms with Crippen LogP contribution in [0.1, 0.15) is 11.1 Å². The maximum absolute atomic E-state index is 9.40. The molecule has 2 rings (SSSR count). The second-order valence-corrected chi connectivity index (χ2v) is 4.18. The highest BCUT2D eigenvalue weighted by molar-refractivity contribution is 6.30. The molecule has 0 bridgehead atoms. The SMILES string of the molecule is OC/C(=C\c1ccc(Cl)cc1)c1ccccc1. The highest BCUT2D eigenvalue weighted by atomic mass is 35.5. The Morgan fingerprint density at radius 2 is 1.65 bits per heavy atom. The number of aliphatic hydroxyl groups is 1. The average molecular weight is 245 g/mol. The van der Waals surface area contributed by atoms with Crippen LogP contribution in [0.2, 0.25) is 5.02 Å². The number of rotatable bonds is 3. The maximum Gasteiger partial charge on any atom is 0.0687 e. The molecule has 0 saturated carbocycles. The smallest absolute Gasteiger partial charge is 0.0687 e. The predicted octanol–water partition coefficient (Wildman–Crippen LogP) is 3.87. The van der Waals surface area contributed by atoms with E-state index in [1.54, 1.807) is 0 Å². The molecule has 0 aliphatic heterocycles. The van der Waals surface area contributed by atoms with Crippen molar-refractivity contribution in [2.24, 2.45) is 0 Å². The van der Waals surface area contributed by atoms with Gasteiger partial charge in [0.1, 0.15) is 0 Å². The number of hydrogen-bond acceptors (Lipinski definition) is 1. The van der Waals surface area contributed by atoms with Crippen molar-refractivity contribution in [2.75, 3.05) is 6.61 Å². The fraction of sp³-hybridized carbons (Fsp3) is 0.0667. The summed E-state index contributed by atoms with van der Waals surface area (Å²) < 4.78 is 0. The summed E-state index contributed by atoms with van der Waals surface area (Å²) in [5.74, 6) is 0. The van der Waals surface area contributed by atoms with E-state index in [4.69, 9.17) is 11.6 Å².